The smallest absolute Gasteiger partial charge is 0.350 e. The first-order chi connectivity index (χ1) is 10.0. The van der Waals surface area contributed by atoms with Crippen LogP contribution in [0.2, 0.25) is 0 Å². The molecular formula is C16H24O6. The van der Waals surface area contributed by atoms with Gasteiger partial charge in [0.25, 0.3) is 0 Å². The van der Waals surface area contributed by atoms with Crippen LogP contribution in [0, 0.1) is 11.8 Å². The zero-order valence-electron chi connectivity index (χ0n) is 13.8. The molecule has 1 aliphatic carbocycles. The first-order valence-electron chi connectivity index (χ1n) is 7.72. The third kappa shape index (κ3) is 3.10. The van der Waals surface area contributed by atoms with E-state index in [0.29, 0.717) is 19.3 Å². The first-order valence-corrected chi connectivity index (χ1v) is 7.72. The number of carbonyl (C=O) groups excluding carboxylic acids is 3. The normalized spacial score (nSPS) is 30.9. The first kappa shape index (κ1) is 16.8. The summed E-state index contributed by atoms with van der Waals surface area (Å²) in [5, 5.41) is 0. The maximum atomic E-state index is 12.4. The lowest BCUT2D eigenvalue weighted by Gasteiger charge is -2.36. The number of fused-ring (bicyclic) bond motifs is 2. The summed E-state index contributed by atoms with van der Waals surface area (Å²) in [6.07, 6.45) is 1.29. The van der Waals surface area contributed by atoms with Crippen molar-refractivity contribution in [1.29, 1.82) is 0 Å². The lowest BCUT2D eigenvalue weighted by molar-refractivity contribution is -0.195. The Morgan fingerprint density at radius 2 is 1.95 bits per heavy atom. The van der Waals surface area contributed by atoms with Gasteiger partial charge in [0.15, 0.2) is 0 Å². The lowest BCUT2D eigenvalue weighted by Crippen LogP contribution is -2.48. The molecule has 2 bridgehead atoms. The molecule has 1 saturated carbocycles. The van der Waals surface area contributed by atoms with Crippen LogP contribution in [0.4, 0.5) is 0 Å². The van der Waals surface area contributed by atoms with Gasteiger partial charge in [0.2, 0.25) is 5.60 Å². The van der Waals surface area contributed by atoms with Crippen LogP contribution in [0.15, 0.2) is 0 Å². The number of carbonyl (C=O) groups is 3. The Labute approximate surface area is 130 Å². The minimum Gasteiger partial charge on any atom is -0.455 e. The van der Waals surface area contributed by atoms with Gasteiger partial charge in [-0.05, 0) is 33.6 Å². The molecule has 0 aromatic rings. The summed E-state index contributed by atoms with van der Waals surface area (Å²) in [5.74, 6) is -1.70. The number of hydrogen-bond donors (Lipinski definition) is 0. The van der Waals surface area contributed by atoms with Gasteiger partial charge in [-0.15, -0.1) is 0 Å². The van der Waals surface area contributed by atoms with Gasteiger partial charge in [-0.25, -0.2) is 4.79 Å². The molecule has 0 N–H and O–H groups in total. The highest BCUT2D eigenvalue weighted by Crippen LogP contribution is 2.44. The summed E-state index contributed by atoms with van der Waals surface area (Å²) in [7, 11) is 0. The van der Waals surface area contributed by atoms with Crippen molar-refractivity contribution in [2.75, 3.05) is 0 Å². The zero-order valence-corrected chi connectivity index (χ0v) is 13.8. The van der Waals surface area contributed by atoms with Gasteiger partial charge in [0.05, 0.1) is 11.8 Å². The number of ether oxygens (including phenoxy) is 3. The van der Waals surface area contributed by atoms with Crippen molar-refractivity contribution in [3.8, 4) is 0 Å². The van der Waals surface area contributed by atoms with E-state index in [1.165, 1.54) is 13.8 Å². The Kier molecular flexibility index (Phi) is 4.24. The predicted molar refractivity (Wildman–Crippen MR) is 76.7 cm³/mol. The highest BCUT2D eigenvalue weighted by molar-refractivity contribution is 5.83. The quantitative estimate of drug-likeness (QED) is 0.583. The number of esters is 3. The van der Waals surface area contributed by atoms with Gasteiger partial charge < -0.3 is 14.2 Å². The molecule has 6 nitrogen and oxygen atoms in total. The Morgan fingerprint density at radius 1 is 1.32 bits per heavy atom. The molecule has 0 spiro atoms. The second-order valence-corrected chi connectivity index (χ2v) is 7.19. The molecule has 22 heavy (non-hydrogen) atoms. The minimum atomic E-state index is -1.36. The minimum absolute atomic E-state index is 0.0910. The van der Waals surface area contributed by atoms with Gasteiger partial charge in [-0.3, -0.25) is 9.59 Å². The summed E-state index contributed by atoms with van der Waals surface area (Å²) in [5.41, 5.74) is -2.13. The fourth-order valence-corrected chi connectivity index (χ4v) is 2.87. The summed E-state index contributed by atoms with van der Waals surface area (Å²) in [6.45, 7) is 8.19. The standard InChI is InChI=1S/C16H24O6/c1-9(2)12(17)21-15(3,4)14(19)20-11-7-6-10-8-16(11,5)22-13(10)18/h9-11H,6-8H2,1-5H3. The Balaban J connectivity index is 2.02. The van der Waals surface area contributed by atoms with Gasteiger partial charge in [0, 0.05) is 6.42 Å². The number of hydrogen-bond acceptors (Lipinski definition) is 6. The van der Waals surface area contributed by atoms with E-state index in [2.05, 4.69) is 0 Å². The molecule has 124 valence electrons. The Hall–Kier alpha value is -1.59. The largest absolute Gasteiger partial charge is 0.455 e. The monoisotopic (exact) mass is 312 g/mol. The number of rotatable bonds is 4. The highest BCUT2D eigenvalue weighted by Gasteiger charge is 2.54. The van der Waals surface area contributed by atoms with Crippen molar-refractivity contribution < 1.29 is 28.6 Å². The zero-order chi connectivity index (χ0) is 16.7. The van der Waals surface area contributed by atoms with Crippen molar-refractivity contribution in [2.45, 2.75) is 71.2 Å². The molecule has 0 radical (unpaired) electrons. The van der Waals surface area contributed by atoms with E-state index >= 15 is 0 Å². The van der Waals surface area contributed by atoms with Crippen LogP contribution in [0.25, 0.3) is 0 Å². The fraction of sp³-hybridized carbons (Fsp3) is 0.812. The van der Waals surface area contributed by atoms with Crippen molar-refractivity contribution in [2.24, 2.45) is 11.8 Å². The molecule has 2 fully saturated rings. The van der Waals surface area contributed by atoms with Crippen LogP contribution in [0.3, 0.4) is 0 Å². The molecule has 1 aliphatic heterocycles. The van der Waals surface area contributed by atoms with Gasteiger partial charge in [0.1, 0.15) is 11.7 Å². The van der Waals surface area contributed by atoms with Crippen LogP contribution >= 0.6 is 0 Å². The molecule has 3 unspecified atom stereocenters. The molecule has 6 heteroatoms. The maximum absolute atomic E-state index is 12.4. The maximum Gasteiger partial charge on any atom is 0.350 e. The van der Waals surface area contributed by atoms with Crippen LogP contribution in [-0.4, -0.2) is 35.2 Å². The third-order valence-electron chi connectivity index (χ3n) is 4.35. The fourth-order valence-electron chi connectivity index (χ4n) is 2.87. The molecule has 1 saturated heterocycles. The molecule has 2 rings (SSSR count). The second-order valence-electron chi connectivity index (χ2n) is 7.19. The van der Waals surface area contributed by atoms with E-state index in [4.69, 9.17) is 14.2 Å². The second kappa shape index (κ2) is 5.56. The van der Waals surface area contributed by atoms with E-state index in [1.807, 2.05) is 0 Å². The molecule has 3 atom stereocenters. The van der Waals surface area contributed by atoms with Gasteiger partial charge >= 0.3 is 17.9 Å². The van der Waals surface area contributed by atoms with Crippen LogP contribution in [0.5, 0.6) is 0 Å². The highest BCUT2D eigenvalue weighted by atomic mass is 16.6. The summed E-state index contributed by atoms with van der Waals surface area (Å²) in [4.78, 5) is 35.7. The molecular weight excluding hydrogens is 288 g/mol. The van der Waals surface area contributed by atoms with Gasteiger partial charge in [-0.1, -0.05) is 13.8 Å². The molecule has 1 heterocycles. The predicted octanol–water partition coefficient (Wildman–Crippen LogP) is 1.99. The van der Waals surface area contributed by atoms with Crippen molar-refractivity contribution in [1.82, 2.24) is 0 Å². The van der Waals surface area contributed by atoms with Gasteiger partial charge in [-0.2, -0.15) is 0 Å². The Morgan fingerprint density at radius 3 is 2.55 bits per heavy atom. The van der Waals surface area contributed by atoms with Crippen LogP contribution < -0.4 is 0 Å². The van der Waals surface area contributed by atoms with E-state index in [0.717, 1.165) is 0 Å². The molecule has 2 aliphatic rings. The van der Waals surface area contributed by atoms with Crippen molar-refractivity contribution in [3.63, 3.8) is 0 Å². The van der Waals surface area contributed by atoms with Crippen molar-refractivity contribution in [3.05, 3.63) is 0 Å². The van der Waals surface area contributed by atoms with E-state index < -0.39 is 29.2 Å². The van der Waals surface area contributed by atoms with E-state index in [9.17, 15) is 14.4 Å². The molecule has 0 aromatic heterocycles. The van der Waals surface area contributed by atoms with Crippen LogP contribution in [0.1, 0.15) is 53.9 Å². The van der Waals surface area contributed by atoms with Crippen LogP contribution in [-0.2, 0) is 28.6 Å². The van der Waals surface area contributed by atoms with E-state index in [-0.39, 0.29) is 17.8 Å². The van der Waals surface area contributed by atoms with Crippen molar-refractivity contribution >= 4 is 17.9 Å². The summed E-state index contributed by atoms with van der Waals surface area (Å²) >= 11 is 0. The average Bonchev–Trinajstić information content (AvgIpc) is 2.63. The third-order valence-corrected chi connectivity index (χ3v) is 4.35. The molecule has 0 aromatic carbocycles. The Bertz CT molecular complexity index is 495. The SMILES string of the molecule is CC(C)C(=O)OC(C)(C)C(=O)OC1CCC2CC1(C)OC2=O. The average molecular weight is 312 g/mol. The summed E-state index contributed by atoms with van der Waals surface area (Å²) in [6, 6.07) is 0. The summed E-state index contributed by atoms with van der Waals surface area (Å²) < 4.78 is 16.1. The topological polar surface area (TPSA) is 78.9 Å². The molecule has 0 amide bonds. The van der Waals surface area contributed by atoms with E-state index in [1.54, 1.807) is 20.8 Å². The lowest BCUT2D eigenvalue weighted by atomic mass is 9.80.